The number of aromatic nitrogens is 6. The van der Waals surface area contributed by atoms with Gasteiger partial charge in [0.15, 0.2) is 17.3 Å². The maximum Gasteiger partial charge on any atom is 0.264 e. The molecular weight excluding hydrogens is 359 g/mol. The van der Waals surface area contributed by atoms with Gasteiger partial charge in [-0.3, -0.25) is 4.79 Å². The summed E-state index contributed by atoms with van der Waals surface area (Å²) in [4.78, 5) is 20.8. The molecule has 4 aromatic rings. The summed E-state index contributed by atoms with van der Waals surface area (Å²) in [5, 5.41) is 7.29. The third-order valence-electron chi connectivity index (χ3n) is 3.86. The summed E-state index contributed by atoms with van der Waals surface area (Å²) in [6.07, 6.45) is 5.47. The van der Waals surface area contributed by atoms with E-state index < -0.39 is 11.7 Å². The molecule has 0 radical (unpaired) electrons. The van der Waals surface area contributed by atoms with Crippen LogP contribution in [0.3, 0.4) is 0 Å². The van der Waals surface area contributed by atoms with Crippen LogP contribution in [-0.4, -0.2) is 34.4 Å². The molecule has 0 aromatic carbocycles. The molecule has 4 heterocycles. The van der Waals surface area contributed by atoms with Crippen molar-refractivity contribution in [1.29, 1.82) is 0 Å². The number of amides is 1. The molecule has 0 saturated heterocycles. The number of nitrogens with two attached hydrogens (primary N) is 1. The van der Waals surface area contributed by atoms with E-state index in [1.807, 2.05) is 18.5 Å². The fourth-order valence-corrected chi connectivity index (χ4v) is 3.47. The number of anilines is 2. The second-order valence-corrected chi connectivity index (χ2v) is 6.39. The van der Waals surface area contributed by atoms with Crippen molar-refractivity contribution in [3.8, 4) is 11.3 Å². The number of carbonyl (C=O) groups is 1. The Morgan fingerprint density at radius 1 is 1.38 bits per heavy atom. The van der Waals surface area contributed by atoms with Gasteiger partial charge in [0.05, 0.1) is 41.9 Å². The molecule has 1 amide bonds. The van der Waals surface area contributed by atoms with Crippen LogP contribution in [0.2, 0.25) is 0 Å². The predicted molar refractivity (Wildman–Crippen MR) is 94.4 cm³/mol. The van der Waals surface area contributed by atoms with Crippen LogP contribution in [0.5, 0.6) is 0 Å². The lowest BCUT2D eigenvalue weighted by Gasteiger charge is -2.07. The molecule has 11 heteroatoms. The van der Waals surface area contributed by atoms with Crippen LogP contribution in [0, 0.1) is 12.7 Å². The summed E-state index contributed by atoms with van der Waals surface area (Å²) < 4.78 is 20.6. The molecule has 0 atom stereocenters. The van der Waals surface area contributed by atoms with Gasteiger partial charge >= 0.3 is 0 Å². The fraction of sp³-hybridized carbons (Fsp3) is 0.133. The van der Waals surface area contributed by atoms with Gasteiger partial charge in [-0.2, -0.15) is 4.37 Å². The first-order valence-electron chi connectivity index (χ1n) is 7.49. The highest BCUT2D eigenvalue weighted by atomic mass is 32.1. The summed E-state index contributed by atoms with van der Waals surface area (Å²) in [7, 11) is 1.85. The van der Waals surface area contributed by atoms with Gasteiger partial charge in [0.2, 0.25) is 0 Å². The van der Waals surface area contributed by atoms with Crippen LogP contribution >= 0.6 is 11.5 Å². The number of nitrogens with zero attached hydrogens (tertiary/aromatic N) is 6. The number of imidazole rings is 1. The summed E-state index contributed by atoms with van der Waals surface area (Å²) in [6.45, 7) is 1.85. The molecule has 0 bridgehead atoms. The van der Waals surface area contributed by atoms with E-state index in [1.54, 1.807) is 12.5 Å². The Morgan fingerprint density at radius 2 is 2.19 bits per heavy atom. The van der Waals surface area contributed by atoms with Gasteiger partial charge in [-0.15, -0.1) is 5.10 Å². The standard InChI is InChI=1S/C15H13FN8OS/c1-7-10(9-4-18-6-23(9)2)15(26-22-7)20-14(25)11-12(17)21-24-5-8(16)3-19-13(11)24/h3-6H,1-2H3,(H2,17,21)(H,20,25). The lowest BCUT2D eigenvalue weighted by Crippen LogP contribution is -2.14. The molecule has 4 rings (SSSR count). The van der Waals surface area contributed by atoms with E-state index in [1.165, 1.54) is 0 Å². The number of nitrogen functional groups attached to an aromatic ring is 1. The van der Waals surface area contributed by atoms with E-state index in [0.717, 1.165) is 45.4 Å². The van der Waals surface area contributed by atoms with Gasteiger partial charge in [0.25, 0.3) is 5.91 Å². The van der Waals surface area contributed by atoms with Crippen molar-refractivity contribution in [3.05, 3.63) is 42.0 Å². The lowest BCUT2D eigenvalue weighted by atomic mass is 10.2. The number of halogens is 1. The Labute approximate surface area is 150 Å². The monoisotopic (exact) mass is 372 g/mol. The predicted octanol–water partition coefficient (Wildman–Crippen LogP) is 1.87. The maximum atomic E-state index is 13.3. The molecule has 4 aromatic heterocycles. The molecule has 26 heavy (non-hydrogen) atoms. The number of aryl methyl sites for hydroxylation is 2. The quantitative estimate of drug-likeness (QED) is 0.567. The van der Waals surface area contributed by atoms with E-state index in [9.17, 15) is 9.18 Å². The Kier molecular flexibility index (Phi) is 3.65. The highest BCUT2D eigenvalue weighted by molar-refractivity contribution is 7.11. The van der Waals surface area contributed by atoms with Gasteiger partial charge in [0, 0.05) is 7.05 Å². The minimum atomic E-state index is -0.580. The van der Waals surface area contributed by atoms with Crippen LogP contribution in [-0.2, 0) is 7.05 Å². The Balaban J connectivity index is 1.75. The number of hydrogen-bond donors (Lipinski definition) is 2. The van der Waals surface area contributed by atoms with Crippen molar-refractivity contribution in [2.75, 3.05) is 11.1 Å². The van der Waals surface area contributed by atoms with Crippen LogP contribution < -0.4 is 11.1 Å². The number of rotatable bonds is 3. The van der Waals surface area contributed by atoms with Gasteiger partial charge in [-0.25, -0.2) is 18.9 Å². The average molecular weight is 372 g/mol. The van der Waals surface area contributed by atoms with Gasteiger partial charge in [-0.05, 0) is 18.5 Å². The highest BCUT2D eigenvalue weighted by Gasteiger charge is 2.23. The van der Waals surface area contributed by atoms with Crippen LogP contribution in [0.25, 0.3) is 16.9 Å². The SMILES string of the molecule is Cc1nsc(NC(=O)c2c(N)nn3cc(F)cnc23)c1-c1cncn1C. The summed E-state index contributed by atoms with van der Waals surface area (Å²) >= 11 is 1.15. The topological polar surface area (TPSA) is 116 Å². The third kappa shape index (κ3) is 2.49. The lowest BCUT2D eigenvalue weighted by molar-refractivity contribution is 0.102. The number of fused-ring (bicyclic) bond motifs is 1. The fourth-order valence-electron chi connectivity index (χ4n) is 2.67. The highest BCUT2D eigenvalue weighted by Crippen LogP contribution is 2.35. The van der Waals surface area contributed by atoms with Crippen molar-refractivity contribution in [2.45, 2.75) is 6.92 Å². The molecule has 0 saturated carbocycles. The average Bonchev–Trinajstić information content (AvgIpc) is 3.24. The Bertz CT molecular complexity index is 1140. The second-order valence-electron chi connectivity index (χ2n) is 5.62. The van der Waals surface area contributed by atoms with Crippen molar-refractivity contribution >= 4 is 33.9 Å². The molecule has 0 aliphatic rings. The summed E-state index contributed by atoms with van der Waals surface area (Å²) in [6, 6.07) is 0. The molecule has 9 nitrogen and oxygen atoms in total. The molecular formula is C15H13FN8OS. The second kappa shape index (κ2) is 5.88. The van der Waals surface area contributed by atoms with Crippen molar-refractivity contribution in [2.24, 2.45) is 7.05 Å². The number of carbonyl (C=O) groups excluding carboxylic acids is 1. The van der Waals surface area contributed by atoms with Gasteiger partial charge < -0.3 is 15.6 Å². The molecule has 132 valence electrons. The minimum Gasteiger partial charge on any atom is -0.381 e. The molecule has 3 N–H and O–H groups in total. The number of nitrogens with one attached hydrogen (secondary N) is 1. The summed E-state index contributed by atoms with van der Waals surface area (Å²) in [5.41, 5.74) is 8.45. The molecule has 0 aliphatic heterocycles. The first-order chi connectivity index (χ1) is 12.5. The smallest absolute Gasteiger partial charge is 0.264 e. The maximum absolute atomic E-state index is 13.3. The zero-order valence-corrected chi connectivity index (χ0v) is 14.6. The van der Waals surface area contributed by atoms with Gasteiger partial charge in [0.1, 0.15) is 10.6 Å². The zero-order valence-electron chi connectivity index (χ0n) is 13.8. The largest absolute Gasteiger partial charge is 0.381 e. The van der Waals surface area contributed by atoms with Crippen molar-refractivity contribution in [1.82, 2.24) is 28.5 Å². The first-order valence-corrected chi connectivity index (χ1v) is 8.26. The Hall–Kier alpha value is -3.34. The molecule has 0 unspecified atom stereocenters. The van der Waals surface area contributed by atoms with Crippen LogP contribution in [0.1, 0.15) is 16.1 Å². The van der Waals surface area contributed by atoms with Crippen molar-refractivity contribution in [3.63, 3.8) is 0 Å². The molecule has 0 spiro atoms. The number of hydrogen-bond acceptors (Lipinski definition) is 7. The molecule has 0 aliphatic carbocycles. The Morgan fingerprint density at radius 3 is 2.92 bits per heavy atom. The van der Waals surface area contributed by atoms with Crippen molar-refractivity contribution < 1.29 is 9.18 Å². The minimum absolute atomic E-state index is 0.0380. The summed E-state index contributed by atoms with van der Waals surface area (Å²) in [5.74, 6) is -1.11. The van der Waals surface area contributed by atoms with Crippen LogP contribution in [0.4, 0.5) is 15.2 Å². The van der Waals surface area contributed by atoms with E-state index in [-0.39, 0.29) is 17.0 Å². The normalized spacial score (nSPS) is 11.2. The third-order valence-corrected chi connectivity index (χ3v) is 4.71. The van der Waals surface area contributed by atoms with E-state index in [2.05, 4.69) is 24.8 Å². The van der Waals surface area contributed by atoms with E-state index in [4.69, 9.17) is 5.73 Å². The van der Waals surface area contributed by atoms with Crippen LogP contribution in [0.15, 0.2) is 24.9 Å². The van der Waals surface area contributed by atoms with E-state index in [0.29, 0.717) is 5.00 Å². The van der Waals surface area contributed by atoms with Gasteiger partial charge in [-0.1, -0.05) is 0 Å². The first kappa shape index (κ1) is 16.1. The zero-order chi connectivity index (χ0) is 18.4. The molecule has 0 fully saturated rings. The van der Waals surface area contributed by atoms with E-state index >= 15 is 0 Å².